The van der Waals surface area contributed by atoms with Gasteiger partial charge in [-0.05, 0) is 20.8 Å². The van der Waals surface area contributed by atoms with E-state index >= 15 is 0 Å². The van der Waals surface area contributed by atoms with Gasteiger partial charge in [0, 0.05) is 6.92 Å². The van der Waals surface area contributed by atoms with Crippen LogP contribution in [0.5, 0.6) is 0 Å². The lowest BCUT2D eigenvalue weighted by Crippen LogP contribution is -2.60. The summed E-state index contributed by atoms with van der Waals surface area (Å²) in [7, 11) is 0. The number of nitrogens with one attached hydrogen (secondary N) is 1. The Bertz CT molecular complexity index is 456. The molecule has 112 valence electrons. The smallest absolute Gasteiger partial charge is 0.345 e. The van der Waals surface area contributed by atoms with E-state index in [0.29, 0.717) is 0 Å². The number of carbonyl (C=O) groups is 3. The number of carbonyl (C=O) groups excluding carboxylic acids is 2. The van der Waals surface area contributed by atoms with Gasteiger partial charge in [-0.1, -0.05) is 11.8 Å². The third kappa shape index (κ3) is 7.38. The quantitative estimate of drug-likeness (QED) is 0.379. The van der Waals surface area contributed by atoms with E-state index < -0.39 is 29.1 Å². The summed E-state index contributed by atoms with van der Waals surface area (Å²) in [6, 6.07) is 0. The van der Waals surface area contributed by atoms with Gasteiger partial charge in [0.25, 0.3) is 0 Å². The van der Waals surface area contributed by atoms with E-state index in [1.807, 2.05) is 0 Å². The van der Waals surface area contributed by atoms with Gasteiger partial charge in [0.2, 0.25) is 5.91 Å². The van der Waals surface area contributed by atoms with Gasteiger partial charge in [0.1, 0.15) is 12.0 Å². The third-order valence-corrected chi connectivity index (χ3v) is 1.93. The van der Waals surface area contributed by atoms with Gasteiger partial charge in [-0.2, -0.15) is 0 Å². The first-order valence-electron chi connectivity index (χ1n) is 5.95. The van der Waals surface area contributed by atoms with Crippen LogP contribution < -0.4 is 11.1 Å². The van der Waals surface area contributed by atoms with Crippen molar-refractivity contribution in [3.63, 3.8) is 0 Å². The molecule has 0 bridgehead atoms. The van der Waals surface area contributed by atoms with Crippen molar-refractivity contribution in [1.29, 1.82) is 0 Å². The fourth-order valence-corrected chi connectivity index (χ4v) is 1.20. The standard InChI is InChI=1S/C13H20N2O5/c1-9(16)15-13(14,11(18)19)8-6-5-7-10(17)20-12(2,3)4/h7-8,14H2,1-4H3,(H,15,16)(H,18,19). The first kappa shape index (κ1) is 17.9. The number of carboxylic acids is 1. The molecule has 7 nitrogen and oxygen atoms in total. The van der Waals surface area contributed by atoms with E-state index in [9.17, 15) is 14.4 Å². The molecule has 0 saturated carbocycles. The van der Waals surface area contributed by atoms with Crippen molar-refractivity contribution >= 4 is 17.8 Å². The molecule has 0 aliphatic heterocycles. The topological polar surface area (TPSA) is 119 Å². The minimum absolute atomic E-state index is 0.174. The first-order chi connectivity index (χ1) is 8.96. The second kappa shape index (κ2) is 6.91. The Balaban J connectivity index is 4.53. The highest BCUT2D eigenvalue weighted by atomic mass is 16.6. The van der Waals surface area contributed by atoms with Crippen LogP contribution in [0.1, 0.15) is 40.5 Å². The number of amides is 1. The summed E-state index contributed by atoms with van der Waals surface area (Å²) in [5.41, 5.74) is 2.94. The highest BCUT2D eigenvalue weighted by Gasteiger charge is 2.33. The lowest BCUT2D eigenvalue weighted by atomic mass is 10.1. The van der Waals surface area contributed by atoms with Crippen molar-refractivity contribution in [3.8, 4) is 11.8 Å². The molecule has 0 radical (unpaired) electrons. The molecule has 0 heterocycles. The van der Waals surface area contributed by atoms with Crippen molar-refractivity contribution in [2.45, 2.75) is 51.8 Å². The lowest BCUT2D eigenvalue weighted by molar-refractivity contribution is -0.153. The highest BCUT2D eigenvalue weighted by molar-refractivity contribution is 5.85. The zero-order valence-electron chi connectivity index (χ0n) is 12.1. The predicted molar refractivity (Wildman–Crippen MR) is 71.2 cm³/mol. The van der Waals surface area contributed by atoms with E-state index in [0.717, 1.165) is 6.92 Å². The number of hydrogen-bond acceptors (Lipinski definition) is 5. The maximum Gasteiger partial charge on any atom is 0.345 e. The maximum atomic E-state index is 11.4. The SMILES string of the molecule is CC(=O)NC(N)(CC#CCC(=O)OC(C)(C)C)C(=O)O. The van der Waals surface area contributed by atoms with E-state index in [2.05, 4.69) is 17.2 Å². The largest absolute Gasteiger partial charge is 0.478 e. The fraction of sp³-hybridized carbons (Fsp3) is 0.615. The summed E-state index contributed by atoms with van der Waals surface area (Å²) in [5.74, 6) is 2.44. The minimum Gasteiger partial charge on any atom is -0.478 e. The fourth-order valence-electron chi connectivity index (χ4n) is 1.20. The van der Waals surface area contributed by atoms with E-state index in [1.165, 1.54) is 0 Å². The lowest BCUT2D eigenvalue weighted by Gasteiger charge is -2.22. The molecule has 0 spiro atoms. The van der Waals surface area contributed by atoms with Gasteiger partial charge in [-0.25, -0.2) is 4.79 Å². The molecule has 20 heavy (non-hydrogen) atoms. The van der Waals surface area contributed by atoms with Crippen molar-refractivity contribution in [1.82, 2.24) is 5.32 Å². The Morgan fingerprint density at radius 2 is 1.80 bits per heavy atom. The number of carboxylic acid groups (broad SMARTS) is 1. The number of esters is 1. The molecule has 0 aromatic heterocycles. The molecule has 1 unspecified atom stereocenters. The van der Waals surface area contributed by atoms with Gasteiger partial charge in [0.05, 0.1) is 6.42 Å². The zero-order chi connectivity index (χ0) is 16.0. The summed E-state index contributed by atoms with van der Waals surface area (Å²) >= 11 is 0. The molecular formula is C13H20N2O5. The van der Waals surface area contributed by atoms with Crippen LogP contribution in [-0.2, 0) is 19.1 Å². The Hall–Kier alpha value is -2.07. The number of rotatable bonds is 4. The molecule has 4 N–H and O–H groups in total. The summed E-state index contributed by atoms with van der Waals surface area (Å²) in [6.07, 6.45) is -0.488. The maximum absolute atomic E-state index is 11.4. The van der Waals surface area contributed by atoms with Crippen molar-refractivity contribution in [3.05, 3.63) is 0 Å². The van der Waals surface area contributed by atoms with Crippen LogP contribution in [0.25, 0.3) is 0 Å². The molecule has 1 atom stereocenters. The monoisotopic (exact) mass is 284 g/mol. The van der Waals surface area contributed by atoms with Crippen LogP contribution >= 0.6 is 0 Å². The van der Waals surface area contributed by atoms with Crippen molar-refractivity contribution in [2.24, 2.45) is 5.73 Å². The van der Waals surface area contributed by atoms with Crippen LogP contribution in [0, 0.1) is 11.8 Å². The number of aliphatic carboxylic acids is 1. The highest BCUT2D eigenvalue weighted by Crippen LogP contribution is 2.08. The number of nitrogens with two attached hydrogens (primary N) is 1. The molecule has 0 aliphatic rings. The Morgan fingerprint density at radius 1 is 1.25 bits per heavy atom. The summed E-state index contributed by atoms with van der Waals surface area (Å²) in [6.45, 7) is 6.33. The van der Waals surface area contributed by atoms with Crippen molar-refractivity contribution in [2.75, 3.05) is 0 Å². The van der Waals surface area contributed by atoms with Gasteiger partial charge in [-0.3, -0.25) is 15.3 Å². The van der Waals surface area contributed by atoms with Crippen molar-refractivity contribution < 1.29 is 24.2 Å². The van der Waals surface area contributed by atoms with Gasteiger partial charge in [0.15, 0.2) is 5.66 Å². The molecule has 0 rings (SSSR count). The van der Waals surface area contributed by atoms with Crippen LogP contribution in [0.3, 0.4) is 0 Å². The number of ether oxygens (including phenoxy) is 1. The first-order valence-corrected chi connectivity index (χ1v) is 5.95. The predicted octanol–water partition coefficient (Wildman–Crippen LogP) is -0.0126. The molecular weight excluding hydrogens is 264 g/mol. The molecule has 7 heteroatoms. The molecule has 0 aliphatic carbocycles. The minimum atomic E-state index is -1.97. The Morgan fingerprint density at radius 3 is 2.20 bits per heavy atom. The molecule has 0 aromatic rings. The van der Waals surface area contributed by atoms with Crippen LogP contribution in [0.4, 0.5) is 0 Å². The molecule has 0 fully saturated rings. The van der Waals surface area contributed by atoms with E-state index in [1.54, 1.807) is 20.8 Å². The second-order valence-corrected chi connectivity index (χ2v) is 5.25. The van der Waals surface area contributed by atoms with Gasteiger partial charge < -0.3 is 15.2 Å². The summed E-state index contributed by atoms with van der Waals surface area (Å²) < 4.78 is 5.02. The second-order valence-electron chi connectivity index (χ2n) is 5.25. The molecule has 1 amide bonds. The normalized spacial score (nSPS) is 13.4. The Kier molecular flexibility index (Phi) is 6.20. The van der Waals surface area contributed by atoms with E-state index in [-0.39, 0.29) is 12.8 Å². The third-order valence-electron chi connectivity index (χ3n) is 1.93. The summed E-state index contributed by atoms with van der Waals surface area (Å²) in [4.78, 5) is 33.2. The molecule has 0 saturated heterocycles. The van der Waals surface area contributed by atoms with Crippen LogP contribution in [0.2, 0.25) is 0 Å². The van der Waals surface area contributed by atoms with Crippen LogP contribution in [0.15, 0.2) is 0 Å². The summed E-state index contributed by atoms with van der Waals surface area (Å²) in [5, 5.41) is 11.0. The van der Waals surface area contributed by atoms with Crippen LogP contribution in [-0.4, -0.2) is 34.2 Å². The number of hydrogen-bond donors (Lipinski definition) is 3. The van der Waals surface area contributed by atoms with Gasteiger partial charge >= 0.3 is 11.9 Å². The Labute approximate surface area is 117 Å². The molecule has 0 aromatic carbocycles. The average molecular weight is 284 g/mol. The average Bonchev–Trinajstić information content (AvgIpc) is 2.20. The zero-order valence-corrected chi connectivity index (χ0v) is 12.1. The van der Waals surface area contributed by atoms with Gasteiger partial charge in [-0.15, -0.1) is 0 Å². The van der Waals surface area contributed by atoms with E-state index in [4.69, 9.17) is 15.6 Å².